The number of carbonyl (C=O) groups excluding carboxylic acids is 2. The van der Waals surface area contributed by atoms with Crippen molar-refractivity contribution in [3.05, 3.63) is 96.1 Å². The van der Waals surface area contributed by atoms with Gasteiger partial charge in [0.15, 0.2) is 5.82 Å². The van der Waals surface area contributed by atoms with Gasteiger partial charge in [-0.1, -0.05) is 12.1 Å². The molecule has 1 aliphatic heterocycles. The first-order valence-corrected chi connectivity index (χ1v) is 14.5. The summed E-state index contributed by atoms with van der Waals surface area (Å²) in [5.41, 5.74) is 4.96. The number of ether oxygens (including phenoxy) is 1. The molecular formula is C34H32FN7O3. The second kappa shape index (κ2) is 12.7. The number of nitrogens with one attached hydrogen (secondary N) is 2. The number of benzene rings is 3. The van der Waals surface area contributed by atoms with Gasteiger partial charge in [0.25, 0.3) is 5.91 Å². The number of hydrogen-bond donors (Lipinski definition) is 2. The summed E-state index contributed by atoms with van der Waals surface area (Å²) in [6.45, 7) is 4.40. The lowest BCUT2D eigenvalue weighted by Crippen LogP contribution is -2.37. The minimum Gasteiger partial charge on any atom is -0.378 e. The Morgan fingerprint density at radius 2 is 1.58 bits per heavy atom. The van der Waals surface area contributed by atoms with Gasteiger partial charge in [-0.25, -0.2) is 19.2 Å². The molecule has 0 unspecified atom stereocenters. The molecule has 6 rings (SSSR count). The normalized spacial score (nSPS) is 13.0. The first-order chi connectivity index (χ1) is 21.7. The van der Waals surface area contributed by atoms with Crippen LogP contribution < -0.4 is 15.5 Å². The molecule has 3 heterocycles. The lowest BCUT2D eigenvalue weighted by Gasteiger charge is -2.29. The van der Waals surface area contributed by atoms with Gasteiger partial charge < -0.3 is 25.2 Å². The maximum Gasteiger partial charge on any atom is 0.323 e. The summed E-state index contributed by atoms with van der Waals surface area (Å²) in [5, 5.41) is 6.21. The van der Waals surface area contributed by atoms with Gasteiger partial charge in [0.1, 0.15) is 11.6 Å². The minimum absolute atomic E-state index is 0.141. The number of halogens is 1. The largest absolute Gasteiger partial charge is 0.378 e. The second-order valence-corrected chi connectivity index (χ2v) is 10.9. The van der Waals surface area contributed by atoms with Gasteiger partial charge in [0.05, 0.1) is 24.3 Å². The van der Waals surface area contributed by atoms with Crippen LogP contribution in [0.1, 0.15) is 16.1 Å². The van der Waals surface area contributed by atoms with Crippen LogP contribution >= 0.6 is 0 Å². The van der Waals surface area contributed by atoms with Crippen molar-refractivity contribution in [1.29, 1.82) is 0 Å². The second-order valence-electron chi connectivity index (χ2n) is 10.9. The molecule has 0 atom stereocenters. The average molecular weight is 606 g/mol. The van der Waals surface area contributed by atoms with Crippen LogP contribution in [0.3, 0.4) is 0 Å². The predicted molar refractivity (Wildman–Crippen MR) is 173 cm³/mol. The highest BCUT2D eigenvalue weighted by molar-refractivity contribution is 6.01. The Kier molecular flexibility index (Phi) is 8.35. The molecule has 2 aromatic heterocycles. The molecule has 3 amide bonds. The zero-order valence-electron chi connectivity index (χ0n) is 25.2. The maximum absolute atomic E-state index is 15.6. The number of aryl methyl sites for hydroxylation is 1. The monoisotopic (exact) mass is 605 g/mol. The highest BCUT2D eigenvalue weighted by Crippen LogP contribution is 2.33. The van der Waals surface area contributed by atoms with Crippen LogP contribution in [0.25, 0.3) is 33.4 Å². The van der Waals surface area contributed by atoms with E-state index in [9.17, 15) is 9.59 Å². The number of anilines is 3. The highest BCUT2D eigenvalue weighted by atomic mass is 19.1. The van der Waals surface area contributed by atoms with E-state index in [0.717, 1.165) is 22.2 Å². The number of pyridine rings is 1. The van der Waals surface area contributed by atoms with Gasteiger partial charge in [-0.2, -0.15) is 0 Å². The van der Waals surface area contributed by atoms with Crippen molar-refractivity contribution in [2.24, 2.45) is 0 Å². The van der Waals surface area contributed by atoms with Crippen molar-refractivity contribution in [1.82, 2.24) is 19.9 Å². The first kappa shape index (κ1) is 29.6. The SMILES string of the molecule is Cc1ccc(-c2ccc3c(N4CCOCC4)nc(-c4ccc(NC(=O)Nc5ccc(C(=O)N(C)C)cc5)cc4F)nc3c2)cn1. The average Bonchev–Trinajstić information content (AvgIpc) is 3.04. The number of morpholine rings is 1. The molecule has 1 fully saturated rings. The standard InChI is InChI=1S/C34H32FN7O3/c1-21-4-5-24(20-36-21)23-8-12-28-30(18-23)39-31(40-32(28)42-14-16-45-17-15-42)27-13-11-26(19-29(27)35)38-34(44)37-25-9-6-22(7-10-25)33(43)41(2)3/h4-13,18-20H,14-17H2,1-3H3,(H2,37,38,44). The summed E-state index contributed by atoms with van der Waals surface area (Å²) >= 11 is 0. The molecule has 2 N–H and O–H groups in total. The van der Waals surface area contributed by atoms with Gasteiger partial charge in [-0.3, -0.25) is 9.78 Å². The minimum atomic E-state index is -0.578. The lowest BCUT2D eigenvalue weighted by atomic mass is 10.0. The number of nitrogens with zero attached hydrogens (tertiary/aromatic N) is 5. The molecule has 1 aliphatic rings. The van der Waals surface area contributed by atoms with Gasteiger partial charge in [-0.15, -0.1) is 0 Å². The first-order valence-electron chi connectivity index (χ1n) is 14.5. The maximum atomic E-state index is 15.6. The molecule has 0 spiro atoms. The van der Waals surface area contributed by atoms with Gasteiger partial charge in [0.2, 0.25) is 0 Å². The third-order valence-corrected chi connectivity index (χ3v) is 7.50. The Morgan fingerprint density at radius 1 is 0.867 bits per heavy atom. The number of hydrogen-bond acceptors (Lipinski definition) is 7. The number of rotatable bonds is 6. The molecule has 0 saturated carbocycles. The number of carbonyl (C=O) groups is 2. The molecule has 0 radical (unpaired) electrons. The van der Waals surface area contributed by atoms with E-state index in [4.69, 9.17) is 14.7 Å². The Hall–Kier alpha value is -5.42. The zero-order valence-corrected chi connectivity index (χ0v) is 25.2. The molecule has 10 nitrogen and oxygen atoms in total. The van der Waals surface area contributed by atoms with E-state index >= 15 is 4.39 Å². The van der Waals surface area contributed by atoms with E-state index in [1.165, 1.54) is 11.0 Å². The third-order valence-electron chi connectivity index (χ3n) is 7.50. The smallest absolute Gasteiger partial charge is 0.323 e. The van der Waals surface area contributed by atoms with Crippen LogP contribution in [-0.4, -0.2) is 72.2 Å². The van der Waals surface area contributed by atoms with Crippen LogP contribution in [-0.2, 0) is 4.74 Å². The molecule has 0 aliphatic carbocycles. The van der Waals surface area contributed by atoms with Gasteiger partial charge in [-0.05, 0) is 73.2 Å². The fourth-order valence-corrected chi connectivity index (χ4v) is 5.09. The van der Waals surface area contributed by atoms with Crippen LogP contribution in [0.2, 0.25) is 0 Å². The quantitative estimate of drug-likeness (QED) is 0.245. The number of fused-ring (bicyclic) bond motifs is 1. The predicted octanol–water partition coefficient (Wildman–Crippen LogP) is 5.99. The van der Waals surface area contributed by atoms with E-state index in [2.05, 4.69) is 20.5 Å². The van der Waals surface area contributed by atoms with Crippen LogP contribution in [0.15, 0.2) is 79.0 Å². The molecule has 45 heavy (non-hydrogen) atoms. The fraction of sp³-hybridized carbons (Fsp3) is 0.206. The summed E-state index contributed by atoms with van der Waals surface area (Å²) in [4.78, 5) is 42.4. The van der Waals surface area contributed by atoms with Crippen LogP contribution in [0, 0.1) is 12.7 Å². The number of aromatic nitrogens is 3. The van der Waals surface area contributed by atoms with Crippen molar-refractivity contribution in [3.63, 3.8) is 0 Å². The van der Waals surface area contributed by atoms with Gasteiger partial charge in [0, 0.05) is 67.0 Å². The Balaban J connectivity index is 1.27. The highest BCUT2D eigenvalue weighted by Gasteiger charge is 2.20. The Morgan fingerprint density at radius 3 is 2.27 bits per heavy atom. The third kappa shape index (κ3) is 6.58. The van der Waals surface area contributed by atoms with Crippen LogP contribution in [0.4, 0.5) is 26.4 Å². The fourth-order valence-electron chi connectivity index (χ4n) is 5.09. The summed E-state index contributed by atoms with van der Waals surface area (Å²) in [7, 11) is 3.34. The zero-order chi connectivity index (χ0) is 31.5. The van der Waals surface area contributed by atoms with E-state index in [1.807, 2.05) is 43.5 Å². The van der Waals surface area contributed by atoms with Crippen molar-refractivity contribution < 1.29 is 18.7 Å². The Labute approximate surface area is 259 Å². The van der Waals surface area contributed by atoms with Crippen molar-refractivity contribution in [2.75, 3.05) is 55.9 Å². The summed E-state index contributed by atoms with van der Waals surface area (Å²) in [5.74, 6) is 0.235. The molecule has 0 bridgehead atoms. The molecule has 3 aromatic carbocycles. The molecule has 228 valence electrons. The topological polar surface area (TPSA) is 113 Å². The summed E-state index contributed by atoms with van der Waals surface area (Å²) in [6.07, 6.45) is 1.82. The molecular weight excluding hydrogens is 573 g/mol. The van der Waals surface area contributed by atoms with E-state index in [1.54, 1.807) is 50.5 Å². The van der Waals surface area contributed by atoms with Crippen molar-refractivity contribution >= 4 is 40.0 Å². The molecule has 1 saturated heterocycles. The molecule has 11 heteroatoms. The Bertz CT molecular complexity index is 1870. The van der Waals surface area contributed by atoms with Gasteiger partial charge >= 0.3 is 6.03 Å². The number of urea groups is 1. The van der Waals surface area contributed by atoms with Crippen molar-refractivity contribution in [3.8, 4) is 22.5 Å². The number of amides is 3. The molecule has 5 aromatic rings. The van der Waals surface area contributed by atoms with E-state index < -0.39 is 11.8 Å². The summed E-state index contributed by atoms with van der Waals surface area (Å²) < 4.78 is 21.2. The summed E-state index contributed by atoms with van der Waals surface area (Å²) in [6, 6.07) is 20.3. The van der Waals surface area contributed by atoms with Crippen LogP contribution in [0.5, 0.6) is 0 Å². The van der Waals surface area contributed by atoms with E-state index in [-0.39, 0.29) is 23.0 Å². The van der Waals surface area contributed by atoms with E-state index in [0.29, 0.717) is 48.9 Å². The van der Waals surface area contributed by atoms with Crippen molar-refractivity contribution in [2.45, 2.75) is 6.92 Å². The lowest BCUT2D eigenvalue weighted by molar-refractivity contribution is 0.0827.